The zero-order chi connectivity index (χ0) is 17.5. The van der Waals surface area contributed by atoms with Crippen molar-refractivity contribution in [2.75, 3.05) is 14.2 Å². The number of fused-ring (bicyclic) bond motifs is 1. The Hall–Kier alpha value is -2.48. The van der Waals surface area contributed by atoms with Crippen LogP contribution in [0, 0.1) is 0 Å². The van der Waals surface area contributed by atoms with Crippen LogP contribution < -0.4 is 9.47 Å². The predicted molar refractivity (Wildman–Crippen MR) is 82.4 cm³/mol. The Morgan fingerprint density at radius 1 is 1.17 bits per heavy atom. The van der Waals surface area contributed by atoms with Crippen LogP contribution in [0.4, 0.5) is 13.2 Å². The van der Waals surface area contributed by atoms with E-state index in [1.807, 2.05) is 0 Å². The van der Waals surface area contributed by atoms with Gasteiger partial charge >= 0.3 is 6.18 Å². The number of hydrogen-bond donors (Lipinski definition) is 1. The monoisotopic (exact) mass is 357 g/mol. The van der Waals surface area contributed by atoms with Gasteiger partial charge in [0, 0.05) is 23.3 Å². The maximum atomic E-state index is 13.3. The Bertz CT molecular complexity index is 909. The fraction of sp³-hybridized carbons (Fsp3) is 0.200. The lowest BCUT2D eigenvalue weighted by Crippen LogP contribution is -2.09. The van der Waals surface area contributed by atoms with E-state index in [0.29, 0.717) is 28.6 Å². The molecular formula is C15H11ClF3N3O2. The van der Waals surface area contributed by atoms with Crippen LogP contribution in [-0.4, -0.2) is 29.2 Å². The molecule has 5 nitrogen and oxygen atoms in total. The van der Waals surface area contributed by atoms with Crippen LogP contribution in [0.25, 0.3) is 22.2 Å². The van der Waals surface area contributed by atoms with Gasteiger partial charge in [0.15, 0.2) is 11.5 Å². The van der Waals surface area contributed by atoms with Crippen molar-refractivity contribution in [3.8, 4) is 22.8 Å². The first-order chi connectivity index (χ1) is 11.4. The molecule has 2 heterocycles. The highest BCUT2D eigenvalue weighted by Gasteiger charge is 2.36. The minimum atomic E-state index is -4.61. The molecule has 0 aliphatic carbocycles. The van der Waals surface area contributed by atoms with Crippen LogP contribution in [0.1, 0.15) is 5.56 Å². The number of benzene rings is 1. The summed E-state index contributed by atoms with van der Waals surface area (Å²) in [6.45, 7) is 0. The summed E-state index contributed by atoms with van der Waals surface area (Å²) in [5.74, 6) is 0.838. The number of alkyl halides is 3. The summed E-state index contributed by atoms with van der Waals surface area (Å²) in [5.41, 5.74) is -0.541. The van der Waals surface area contributed by atoms with Crippen molar-refractivity contribution in [3.63, 3.8) is 0 Å². The van der Waals surface area contributed by atoms with E-state index >= 15 is 0 Å². The highest BCUT2D eigenvalue weighted by molar-refractivity contribution is 6.28. The summed E-state index contributed by atoms with van der Waals surface area (Å²) < 4.78 is 50.2. The fourth-order valence-electron chi connectivity index (χ4n) is 2.49. The normalized spacial score (nSPS) is 11.8. The third-order valence-corrected chi connectivity index (χ3v) is 3.70. The third-order valence-electron chi connectivity index (χ3n) is 3.52. The molecule has 1 aromatic carbocycles. The molecule has 0 radical (unpaired) electrons. The molecule has 0 aliphatic rings. The maximum absolute atomic E-state index is 13.3. The molecule has 0 unspecified atom stereocenters. The largest absolute Gasteiger partial charge is 0.493 e. The van der Waals surface area contributed by atoms with Crippen molar-refractivity contribution in [3.05, 3.63) is 35.4 Å². The van der Waals surface area contributed by atoms with E-state index in [1.54, 1.807) is 12.1 Å². The zero-order valence-corrected chi connectivity index (χ0v) is 13.3. The first kappa shape index (κ1) is 16.4. The Kier molecular flexibility index (Phi) is 4.00. The molecule has 9 heteroatoms. The number of nitrogens with one attached hydrogen (secondary N) is 1. The molecule has 24 heavy (non-hydrogen) atoms. The van der Waals surface area contributed by atoms with Crippen LogP contribution in [0.5, 0.6) is 11.5 Å². The quantitative estimate of drug-likeness (QED) is 0.709. The average molecular weight is 358 g/mol. The number of hydrogen-bond acceptors (Lipinski definition) is 4. The van der Waals surface area contributed by atoms with Gasteiger partial charge in [0.05, 0.1) is 25.4 Å². The number of ether oxygens (including phenoxy) is 2. The number of methoxy groups -OCH3 is 2. The lowest BCUT2D eigenvalue weighted by Gasteiger charge is -2.12. The summed E-state index contributed by atoms with van der Waals surface area (Å²) in [6.07, 6.45) is -2.52. The lowest BCUT2D eigenvalue weighted by molar-refractivity contribution is -0.137. The molecule has 3 rings (SSSR count). The number of H-pyrrole nitrogens is 1. The first-order valence-corrected chi connectivity index (χ1v) is 7.06. The Morgan fingerprint density at radius 2 is 1.92 bits per heavy atom. The van der Waals surface area contributed by atoms with Crippen LogP contribution in [0.3, 0.4) is 0 Å². The van der Waals surface area contributed by atoms with Gasteiger partial charge in [-0.3, -0.25) is 0 Å². The second-order valence-corrected chi connectivity index (χ2v) is 5.16. The molecule has 0 saturated carbocycles. The summed E-state index contributed by atoms with van der Waals surface area (Å²) >= 11 is 5.70. The van der Waals surface area contributed by atoms with E-state index < -0.39 is 11.7 Å². The molecule has 2 aromatic heterocycles. The minimum absolute atomic E-state index is 0.238. The predicted octanol–water partition coefficient (Wildman–Crippen LogP) is 4.31. The van der Waals surface area contributed by atoms with E-state index in [1.165, 1.54) is 20.4 Å². The lowest BCUT2D eigenvalue weighted by atomic mass is 10.1. The average Bonchev–Trinajstić information content (AvgIpc) is 2.96. The van der Waals surface area contributed by atoms with Gasteiger partial charge in [-0.15, -0.1) is 0 Å². The van der Waals surface area contributed by atoms with E-state index in [0.717, 1.165) is 0 Å². The molecule has 0 spiro atoms. The van der Waals surface area contributed by atoms with E-state index in [4.69, 9.17) is 21.1 Å². The van der Waals surface area contributed by atoms with E-state index in [2.05, 4.69) is 15.0 Å². The summed E-state index contributed by atoms with van der Waals surface area (Å²) in [4.78, 5) is 10.1. The number of halogens is 4. The van der Waals surface area contributed by atoms with E-state index in [9.17, 15) is 13.2 Å². The molecule has 1 N–H and O–H groups in total. The van der Waals surface area contributed by atoms with Gasteiger partial charge in [0.2, 0.25) is 5.28 Å². The summed E-state index contributed by atoms with van der Waals surface area (Å²) in [7, 11) is 2.92. The number of rotatable bonds is 3. The van der Waals surface area contributed by atoms with Gasteiger partial charge in [-0.25, -0.2) is 9.97 Å². The molecule has 0 atom stereocenters. The topological polar surface area (TPSA) is 60.0 Å². The van der Waals surface area contributed by atoms with Crippen molar-refractivity contribution >= 4 is 22.5 Å². The van der Waals surface area contributed by atoms with Crippen molar-refractivity contribution < 1.29 is 22.6 Å². The molecule has 0 saturated heterocycles. The highest BCUT2D eigenvalue weighted by Crippen LogP contribution is 2.42. The highest BCUT2D eigenvalue weighted by atomic mass is 35.5. The van der Waals surface area contributed by atoms with Gasteiger partial charge in [-0.1, -0.05) is 0 Å². The smallest absolute Gasteiger partial charge is 0.419 e. The van der Waals surface area contributed by atoms with Crippen molar-refractivity contribution in [2.45, 2.75) is 6.18 Å². The SMILES string of the molecule is COc1ccc2c(-c3nc(Cl)ncc3C(F)(F)F)c[nH]c2c1OC. The standard InChI is InChI=1S/C15H11ClF3N3O2/c1-23-10-4-3-7-8(5-20-12(7)13(10)24-2)11-9(15(17,18)19)6-21-14(16)22-11/h3-6,20H,1-2H3. The first-order valence-electron chi connectivity index (χ1n) is 6.69. The van der Waals surface area contributed by atoms with Crippen molar-refractivity contribution in [2.24, 2.45) is 0 Å². The van der Waals surface area contributed by atoms with Gasteiger partial charge in [0.1, 0.15) is 5.56 Å². The number of aromatic amines is 1. The Balaban J connectivity index is 2.31. The molecule has 0 bridgehead atoms. The second-order valence-electron chi connectivity index (χ2n) is 4.83. The Morgan fingerprint density at radius 3 is 2.54 bits per heavy atom. The molecule has 0 fully saturated rings. The second kappa shape index (κ2) is 5.86. The van der Waals surface area contributed by atoms with Gasteiger partial charge in [-0.05, 0) is 23.7 Å². The number of nitrogens with zero attached hydrogens (tertiary/aromatic N) is 2. The van der Waals surface area contributed by atoms with Crippen molar-refractivity contribution in [1.29, 1.82) is 0 Å². The van der Waals surface area contributed by atoms with E-state index in [-0.39, 0.29) is 16.5 Å². The third kappa shape index (κ3) is 2.62. The van der Waals surface area contributed by atoms with Gasteiger partial charge < -0.3 is 14.5 Å². The molecule has 126 valence electrons. The fourth-order valence-corrected chi connectivity index (χ4v) is 2.62. The van der Waals surface area contributed by atoms with Crippen molar-refractivity contribution in [1.82, 2.24) is 15.0 Å². The summed E-state index contributed by atoms with van der Waals surface area (Å²) in [6, 6.07) is 3.23. The molecule has 0 amide bonds. The van der Waals surface area contributed by atoms with Gasteiger partial charge in [0.25, 0.3) is 0 Å². The number of aromatic nitrogens is 3. The van der Waals surface area contributed by atoms with Crippen LogP contribution in [-0.2, 0) is 6.18 Å². The van der Waals surface area contributed by atoms with Gasteiger partial charge in [-0.2, -0.15) is 13.2 Å². The van der Waals surface area contributed by atoms with Crippen LogP contribution >= 0.6 is 11.6 Å². The Labute approximate surface area is 139 Å². The molecule has 3 aromatic rings. The molecular weight excluding hydrogens is 347 g/mol. The summed E-state index contributed by atoms with van der Waals surface area (Å²) in [5, 5.41) is 0.223. The van der Waals surface area contributed by atoms with Crippen LogP contribution in [0.15, 0.2) is 24.5 Å². The minimum Gasteiger partial charge on any atom is -0.493 e. The zero-order valence-electron chi connectivity index (χ0n) is 12.5. The molecule has 0 aliphatic heterocycles. The van der Waals surface area contributed by atoms with Crippen LogP contribution in [0.2, 0.25) is 5.28 Å². The maximum Gasteiger partial charge on any atom is 0.419 e.